The van der Waals surface area contributed by atoms with Crippen molar-refractivity contribution in [3.63, 3.8) is 0 Å². The summed E-state index contributed by atoms with van der Waals surface area (Å²) < 4.78 is 1.96. The molecule has 0 saturated carbocycles. The molecule has 7 heteroatoms. The fraction of sp³-hybridized carbons (Fsp3) is 0.471. The predicted molar refractivity (Wildman–Crippen MR) is 94.0 cm³/mol. The molecule has 3 rings (SSSR count). The molecule has 0 atom stereocenters. The van der Waals surface area contributed by atoms with Crippen molar-refractivity contribution in [2.75, 3.05) is 25.0 Å². The lowest BCUT2D eigenvalue weighted by atomic mass is 9.91. The molecule has 1 amide bonds. The number of carbonyl (C=O) groups excluding carboxylic acids is 1. The standard InChI is InChI=1S/C17H21N5OS/c1-2-22-11-15(10-19-22)13-3-6-21(7-4-13)12-16(23)20-17-14(9-18)5-8-24-17/h5,8,10-11,13H,2-4,6-7,12H2,1H3,(H,20,23). The van der Waals surface area contributed by atoms with Crippen LogP contribution >= 0.6 is 11.3 Å². The third-order valence-electron chi connectivity index (χ3n) is 4.44. The fourth-order valence-electron chi connectivity index (χ4n) is 3.05. The van der Waals surface area contributed by atoms with Crippen LogP contribution in [-0.2, 0) is 11.3 Å². The van der Waals surface area contributed by atoms with E-state index in [1.165, 1.54) is 16.9 Å². The van der Waals surface area contributed by atoms with Gasteiger partial charge in [0.15, 0.2) is 0 Å². The van der Waals surface area contributed by atoms with E-state index in [1.54, 1.807) is 6.07 Å². The Morgan fingerprint density at radius 2 is 2.29 bits per heavy atom. The summed E-state index contributed by atoms with van der Waals surface area (Å²) in [4.78, 5) is 14.3. The number of hydrogen-bond acceptors (Lipinski definition) is 5. The number of piperidine rings is 1. The van der Waals surface area contributed by atoms with Crippen molar-refractivity contribution in [1.29, 1.82) is 5.26 Å². The number of carbonyl (C=O) groups is 1. The largest absolute Gasteiger partial charge is 0.315 e. The summed E-state index contributed by atoms with van der Waals surface area (Å²) in [5.74, 6) is 0.485. The van der Waals surface area contributed by atoms with Gasteiger partial charge in [-0.1, -0.05) is 0 Å². The minimum absolute atomic E-state index is 0.0498. The van der Waals surface area contributed by atoms with Gasteiger partial charge in [0.25, 0.3) is 0 Å². The summed E-state index contributed by atoms with van der Waals surface area (Å²) in [6.07, 6.45) is 6.19. The van der Waals surface area contributed by atoms with E-state index in [9.17, 15) is 4.79 Å². The summed E-state index contributed by atoms with van der Waals surface area (Å²) in [6, 6.07) is 3.81. The van der Waals surface area contributed by atoms with Crippen molar-refractivity contribution in [3.05, 3.63) is 35.0 Å². The second-order valence-electron chi connectivity index (χ2n) is 6.00. The van der Waals surface area contributed by atoms with Crippen LogP contribution in [0, 0.1) is 11.3 Å². The number of thiophene rings is 1. The van der Waals surface area contributed by atoms with Gasteiger partial charge in [-0.25, -0.2) is 0 Å². The van der Waals surface area contributed by atoms with Crippen molar-refractivity contribution in [3.8, 4) is 6.07 Å². The number of aromatic nitrogens is 2. The Labute approximate surface area is 145 Å². The molecule has 0 unspecified atom stereocenters. The van der Waals surface area contributed by atoms with Crippen molar-refractivity contribution in [2.45, 2.75) is 32.2 Å². The highest BCUT2D eigenvalue weighted by molar-refractivity contribution is 7.14. The van der Waals surface area contributed by atoms with Crippen LogP contribution in [0.2, 0.25) is 0 Å². The Kier molecular flexibility index (Phi) is 5.28. The molecule has 1 fully saturated rings. The van der Waals surface area contributed by atoms with Crippen LogP contribution in [0.1, 0.15) is 36.8 Å². The highest BCUT2D eigenvalue weighted by Gasteiger charge is 2.23. The Morgan fingerprint density at radius 3 is 2.96 bits per heavy atom. The van der Waals surface area contributed by atoms with Gasteiger partial charge in [-0.2, -0.15) is 10.4 Å². The average molecular weight is 343 g/mol. The van der Waals surface area contributed by atoms with Gasteiger partial charge in [-0.15, -0.1) is 11.3 Å². The van der Waals surface area contributed by atoms with Gasteiger partial charge in [0.05, 0.1) is 18.3 Å². The molecule has 3 heterocycles. The monoisotopic (exact) mass is 343 g/mol. The minimum atomic E-state index is -0.0498. The number of rotatable bonds is 5. The Bertz CT molecular complexity index is 736. The van der Waals surface area contributed by atoms with Gasteiger partial charge in [0.2, 0.25) is 5.91 Å². The Morgan fingerprint density at radius 1 is 1.50 bits per heavy atom. The lowest BCUT2D eigenvalue weighted by Crippen LogP contribution is -2.38. The number of aryl methyl sites for hydroxylation is 1. The van der Waals surface area contributed by atoms with Crippen molar-refractivity contribution < 1.29 is 4.79 Å². The van der Waals surface area contributed by atoms with E-state index in [0.29, 0.717) is 23.0 Å². The number of amides is 1. The van der Waals surface area contributed by atoms with Crippen LogP contribution in [0.5, 0.6) is 0 Å². The maximum absolute atomic E-state index is 12.2. The van der Waals surface area contributed by atoms with Crippen LogP contribution in [-0.4, -0.2) is 40.2 Å². The van der Waals surface area contributed by atoms with E-state index in [4.69, 9.17) is 5.26 Å². The summed E-state index contributed by atoms with van der Waals surface area (Å²) in [5, 5.41) is 18.6. The van der Waals surface area contributed by atoms with Gasteiger partial charge >= 0.3 is 0 Å². The molecule has 0 radical (unpaired) electrons. The molecule has 6 nitrogen and oxygen atoms in total. The fourth-order valence-corrected chi connectivity index (χ4v) is 3.80. The van der Waals surface area contributed by atoms with Crippen molar-refractivity contribution >= 4 is 22.2 Å². The van der Waals surface area contributed by atoms with Crippen LogP contribution < -0.4 is 5.32 Å². The van der Waals surface area contributed by atoms with Gasteiger partial charge in [-0.3, -0.25) is 14.4 Å². The van der Waals surface area contributed by atoms with E-state index in [1.807, 2.05) is 16.3 Å². The number of nitrogens with zero attached hydrogens (tertiary/aromatic N) is 4. The van der Waals surface area contributed by atoms with E-state index < -0.39 is 0 Å². The van der Waals surface area contributed by atoms with Crippen LogP contribution in [0.15, 0.2) is 23.8 Å². The summed E-state index contributed by atoms with van der Waals surface area (Å²) in [5.41, 5.74) is 1.83. The van der Waals surface area contributed by atoms with Gasteiger partial charge in [0.1, 0.15) is 11.1 Å². The van der Waals surface area contributed by atoms with Crippen LogP contribution in [0.25, 0.3) is 0 Å². The molecule has 2 aromatic rings. The molecule has 24 heavy (non-hydrogen) atoms. The molecule has 0 bridgehead atoms. The molecule has 0 aliphatic carbocycles. The topological polar surface area (TPSA) is 74.0 Å². The number of likely N-dealkylation sites (tertiary alicyclic amines) is 1. The van der Waals surface area contributed by atoms with Crippen molar-refractivity contribution in [1.82, 2.24) is 14.7 Å². The predicted octanol–water partition coefficient (Wildman–Crippen LogP) is 2.65. The first-order valence-corrected chi connectivity index (χ1v) is 9.09. The first kappa shape index (κ1) is 16.7. The molecule has 126 valence electrons. The maximum Gasteiger partial charge on any atom is 0.239 e. The Balaban J connectivity index is 1.48. The molecule has 1 saturated heterocycles. The zero-order valence-electron chi connectivity index (χ0n) is 13.7. The van der Waals surface area contributed by atoms with Crippen LogP contribution in [0.4, 0.5) is 5.00 Å². The number of anilines is 1. The highest BCUT2D eigenvalue weighted by Crippen LogP contribution is 2.28. The van der Waals surface area contributed by atoms with E-state index in [-0.39, 0.29) is 5.91 Å². The maximum atomic E-state index is 12.2. The molecule has 1 aliphatic heterocycles. The lowest BCUT2D eigenvalue weighted by Gasteiger charge is -2.30. The van der Waals surface area contributed by atoms with Gasteiger partial charge in [0, 0.05) is 12.7 Å². The number of nitrogens with one attached hydrogen (secondary N) is 1. The molecule has 0 aromatic carbocycles. The van der Waals surface area contributed by atoms with Gasteiger partial charge in [-0.05, 0) is 55.8 Å². The lowest BCUT2D eigenvalue weighted by molar-refractivity contribution is -0.117. The highest BCUT2D eigenvalue weighted by atomic mass is 32.1. The SMILES string of the molecule is CCn1cc(C2CCN(CC(=O)Nc3sccc3C#N)CC2)cn1. The summed E-state index contributed by atoms with van der Waals surface area (Å²) in [6.45, 7) is 5.18. The molecular weight excluding hydrogens is 322 g/mol. The normalized spacial score (nSPS) is 16.0. The van der Waals surface area contributed by atoms with Crippen LogP contribution in [0.3, 0.4) is 0 Å². The minimum Gasteiger partial charge on any atom is -0.315 e. The molecule has 0 spiro atoms. The molecule has 1 N–H and O–H groups in total. The summed E-state index contributed by atoms with van der Waals surface area (Å²) >= 11 is 1.38. The third-order valence-corrected chi connectivity index (χ3v) is 5.27. The second kappa shape index (κ2) is 7.60. The quantitative estimate of drug-likeness (QED) is 0.906. The van der Waals surface area contributed by atoms with E-state index >= 15 is 0 Å². The zero-order chi connectivity index (χ0) is 16.9. The van der Waals surface area contributed by atoms with E-state index in [0.717, 1.165) is 32.5 Å². The second-order valence-corrected chi connectivity index (χ2v) is 6.92. The number of hydrogen-bond donors (Lipinski definition) is 1. The Hall–Kier alpha value is -2.17. The third kappa shape index (κ3) is 3.83. The molecule has 2 aromatic heterocycles. The smallest absolute Gasteiger partial charge is 0.239 e. The number of nitriles is 1. The van der Waals surface area contributed by atoms with Gasteiger partial charge < -0.3 is 5.32 Å². The first-order valence-electron chi connectivity index (χ1n) is 8.21. The zero-order valence-corrected chi connectivity index (χ0v) is 14.6. The first-order chi connectivity index (χ1) is 11.7. The summed E-state index contributed by atoms with van der Waals surface area (Å²) in [7, 11) is 0. The van der Waals surface area contributed by atoms with Crippen molar-refractivity contribution in [2.24, 2.45) is 0 Å². The average Bonchev–Trinajstić information content (AvgIpc) is 3.24. The molecule has 1 aliphatic rings. The molecular formula is C17H21N5OS. The van der Waals surface area contributed by atoms with E-state index in [2.05, 4.69) is 34.5 Å².